The Kier molecular flexibility index (Phi) is 6.40. The summed E-state index contributed by atoms with van der Waals surface area (Å²) in [5.41, 5.74) is 0.871. The molecule has 0 bridgehead atoms. The van der Waals surface area contributed by atoms with Gasteiger partial charge in [-0.05, 0) is 24.8 Å². The first kappa shape index (κ1) is 18.0. The smallest absolute Gasteiger partial charge is 0.305 e. The highest BCUT2D eigenvalue weighted by Gasteiger charge is 2.16. The number of amides is 1. The van der Waals surface area contributed by atoms with Crippen LogP contribution in [-0.2, 0) is 16.1 Å². The van der Waals surface area contributed by atoms with Gasteiger partial charge in [-0.2, -0.15) is 0 Å². The Hall–Kier alpha value is -2.31. The third kappa shape index (κ3) is 5.40. The highest BCUT2D eigenvalue weighted by molar-refractivity contribution is 5.76. The van der Waals surface area contributed by atoms with Gasteiger partial charge in [0, 0.05) is 44.9 Å². The standard InChI is InChI=1S/C17H25N3O4/c1-13-5-9-19(10-6-13)14-2-3-16(22)20(12-14)11-7-15(21)18-8-4-17(23)24/h2-3,12-13H,4-11H2,1H3,(H,18,21)(H,23,24). The highest BCUT2D eigenvalue weighted by atomic mass is 16.4. The number of piperidine rings is 1. The predicted octanol–water partition coefficient (Wildman–Crippen LogP) is 1.07. The molecule has 132 valence electrons. The molecule has 1 aliphatic heterocycles. The lowest BCUT2D eigenvalue weighted by Gasteiger charge is -2.32. The van der Waals surface area contributed by atoms with E-state index in [-0.39, 0.29) is 37.4 Å². The van der Waals surface area contributed by atoms with E-state index in [4.69, 9.17) is 5.11 Å². The molecule has 1 aliphatic rings. The zero-order valence-electron chi connectivity index (χ0n) is 14.0. The van der Waals surface area contributed by atoms with Crippen molar-refractivity contribution in [3.8, 4) is 0 Å². The second kappa shape index (κ2) is 8.52. The number of anilines is 1. The van der Waals surface area contributed by atoms with E-state index in [2.05, 4.69) is 17.1 Å². The summed E-state index contributed by atoms with van der Waals surface area (Å²) >= 11 is 0. The maximum atomic E-state index is 12.0. The second-order valence-corrected chi connectivity index (χ2v) is 6.33. The van der Waals surface area contributed by atoms with Crippen molar-refractivity contribution in [1.29, 1.82) is 0 Å². The van der Waals surface area contributed by atoms with E-state index in [1.54, 1.807) is 4.57 Å². The number of rotatable bonds is 7. The van der Waals surface area contributed by atoms with Crippen molar-refractivity contribution in [1.82, 2.24) is 9.88 Å². The minimum atomic E-state index is -0.949. The summed E-state index contributed by atoms with van der Waals surface area (Å²) in [6.07, 6.45) is 4.15. The first-order chi connectivity index (χ1) is 11.5. The Morgan fingerprint density at radius 1 is 1.25 bits per heavy atom. The third-order valence-corrected chi connectivity index (χ3v) is 4.36. The molecule has 0 aromatic carbocycles. The molecule has 0 radical (unpaired) electrons. The lowest BCUT2D eigenvalue weighted by atomic mass is 9.99. The number of aromatic nitrogens is 1. The van der Waals surface area contributed by atoms with Crippen LogP contribution in [-0.4, -0.2) is 41.2 Å². The van der Waals surface area contributed by atoms with Gasteiger partial charge in [0.25, 0.3) is 5.56 Å². The van der Waals surface area contributed by atoms with Gasteiger partial charge in [0.2, 0.25) is 5.91 Å². The van der Waals surface area contributed by atoms with Crippen LogP contribution in [0.25, 0.3) is 0 Å². The van der Waals surface area contributed by atoms with E-state index in [1.165, 1.54) is 6.07 Å². The zero-order chi connectivity index (χ0) is 17.5. The number of aryl methyl sites for hydroxylation is 1. The van der Waals surface area contributed by atoms with Crippen molar-refractivity contribution in [3.63, 3.8) is 0 Å². The lowest BCUT2D eigenvalue weighted by Crippen LogP contribution is -2.34. The molecule has 0 unspecified atom stereocenters. The van der Waals surface area contributed by atoms with E-state index in [0.717, 1.165) is 37.5 Å². The molecule has 1 saturated heterocycles. The second-order valence-electron chi connectivity index (χ2n) is 6.33. The number of carbonyl (C=O) groups excluding carboxylic acids is 1. The van der Waals surface area contributed by atoms with Crippen molar-refractivity contribution in [2.45, 2.75) is 39.2 Å². The van der Waals surface area contributed by atoms with Crippen molar-refractivity contribution >= 4 is 17.6 Å². The van der Waals surface area contributed by atoms with Gasteiger partial charge in [0.05, 0.1) is 12.1 Å². The monoisotopic (exact) mass is 335 g/mol. The zero-order valence-corrected chi connectivity index (χ0v) is 14.0. The van der Waals surface area contributed by atoms with Gasteiger partial charge < -0.3 is 19.9 Å². The Bertz CT molecular complexity index is 633. The van der Waals surface area contributed by atoms with Gasteiger partial charge in [-0.25, -0.2) is 0 Å². The van der Waals surface area contributed by atoms with Crippen molar-refractivity contribution < 1.29 is 14.7 Å². The average molecular weight is 335 g/mol. The number of nitrogens with one attached hydrogen (secondary N) is 1. The van der Waals surface area contributed by atoms with Crippen LogP contribution in [0.15, 0.2) is 23.1 Å². The first-order valence-corrected chi connectivity index (χ1v) is 8.39. The molecule has 7 nitrogen and oxygen atoms in total. The average Bonchev–Trinajstić information content (AvgIpc) is 2.54. The van der Waals surface area contributed by atoms with Crippen LogP contribution in [0.4, 0.5) is 5.69 Å². The maximum absolute atomic E-state index is 12.0. The SMILES string of the molecule is CC1CCN(c2ccc(=O)n(CCC(=O)NCCC(=O)O)c2)CC1. The van der Waals surface area contributed by atoms with Crippen LogP contribution in [0.1, 0.15) is 32.6 Å². The van der Waals surface area contributed by atoms with Crippen molar-refractivity contribution in [2.75, 3.05) is 24.5 Å². The lowest BCUT2D eigenvalue weighted by molar-refractivity contribution is -0.136. The Balaban J connectivity index is 1.90. The maximum Gasteiger partial charge on any atom is 0.305 e. The number of carboxylic acids is 1. The van der Waals surface area contributed by atoms with Crippen LogP contribution in [0.3, 0.4) is 0 Å². The van der Waals surface area contributed by atoms with Crippen LogP contribution in [0.5, 0.6) is 0 Å². The van der Waals surface area contributed by atoms with E-state index < -0.39 is 5.97 Å². The van der Waals surface area contributed by atoms with Crippen molar-refractivity contribution in [3.05, 3.63) is 28.7 Å². The number of nitrogens with zero attached hydrogens (tertiary/aromatic N) is 2. The largest absolute Gasteiger partial charge is 0.481 e. The number of pyridine rings is 1. The molecule has 0 saturated carbocycles. The molecule has 1 aromatic rings. The summed E-state index contributed by atoms with van der Waals surface area (Å²) in [4.78, 5) is 36.3. The number of hydrogen-bond donors (Lipinski definition) is 2. The van der Waals surface area contributed by atoms with Gasteiger partial charge in [-0.15, -0.1) is 0 Å². The van der Waals surface area contributed by atoms with Crippen LogP contribution < -0.4 is 15.8 Å². The van der Waals surface area contributed by atoms with Gasteiger partial charge in [0.15, 0.2) is 0 Å². The van der Waals surface area contributed by atoms with Gasteiger partial charge >= 0.3 is 5.97 Å². The molecular weight excluding hydrogens is 310 g/mol. The summed E-state index contributed by atoms with van der Waals surface area (Å²) in [7, 11) is 0. The fourth-order valence-corrected chi connectivity index (χ4v) is 2.77. The predicted molar refractivity (Wildman–Crippen MR) is 91.2 cm³/mol. The number of aliphatic carboxylic acids is 1. The minimum Gasteiger partial charge on any atom is -0.481 e. The van der Waals surface area contributed by atoms with E-state index in [1.807, 2.05) is 12.3 Å². The molecule has 1 aromatic heterocycles. The van der Waals surface area contributed by atoms with Crippen LogP contribution in [0, 0.1) is 5.92 Å². The molecule has 24 heavy (non-hydrogen) atoms. The fraction of sp³-hybridized carbons (Fsp3) is 0.588. The summed E-state index contributed by atoms with van der Waals surface area (Å²) in [6.45, 7) is 4.61. The molecule has 0 atom stereocenters. The number of carboxylic acid groups (broad SMARTS) is 1. The molecule has 0 aliphatic carbocycles. The Morgan fingerprint density at radius 3 is 2.62 bits per heavy atom. The van der Waals surface area contributed by atoms with Gasteiger partial charge in [-0.3, -0.25) is 14.4 Å². The summed E-state index contributed by atoms with van der Waals surface area (Å²) < 4.78 is 1.55. The highest BCUT2D eigenvalue weighted by Crippen LogP contribution is 2.21. The first-order valence-electron chi connectivity index (χ1n) is 8.39. The van der Waals surface area contributed by atoms with Crippen LogP contribution >= 0.6 is 0 Å². The quantitative estimate of drug-likeness (QED) is 0.777. The minimum absolute atomic E-state index is 0.103. The van der Waals surface area contributed by atoms with Crippen LogP contribution in [0.2, 0.25) is 0 Å². The normalized spacial score (nSPS) is 15.3. The number of carbonyl (C=O) groups is 2. The van der Waals surface area contributed by atoms with E-state index in [0.29, 0.717) is 0 Å². The summed E-state index contributed by atoms with van der Waals surface area (Å²) in [5, 5.41) is 11.1. The molecule has 7 heteroatoms. The Labute approximate surface area is 141 Å². The third-order valence-electron chi connectivity index (χ3n) is 4.36. The Morgan fingerprint density at radius 2 is 1.96 bits per heavy atom. The molecular formula is C17H25N3O4. The van der Waals surface area contributed by atoms with Gasteiger partial charge in [0.1, 0.15) is 0 Å². The van der Waals surface area contributed by atoms with Gasteiger partial charge in [-0.1, -0.05) is 6.92 Å². The van der Waals surface area contributed by atoms with Crippen molar-refractivity contribution in [2.24, 2.45) is 5.92 Å². The molecule has 0 spiro atoms. The summed E-state index contributed by atoms with van der Waals surface area (Å²) in [5.74, 6) is -0.461. The molecule has 2 rings (SSSR count). The molecule has 2 heterocycles. The van der Waals surface area contributed by atoms with E-state index in [9.17, 15) is 14.4 Å². The topological polar surface area (TPSA) is 91.6 Å². The van der Waals surface area contributed by atoms with E-state index >= 15 is 0 Å². The fourth-order valence-electron chi connectivity index (χ4n) is 2.77. The molecule has 1 fully saturated rings. The molecule has 2 N–H and O–H groups in total. The summed E-state index contributed by atoms with van der Waals surface area (Å²) in [6, 6.07) is 3.37. The molecule has 1 amide bonds. The number of hydrogen-bond acceptors (Lipinski definition) is 4.